The molecule has 0 saturated heterocycles. The fourth-order valence-electron chi connectivity index (χ4n) is 2.79. The summed E-state index contributed by atoms with van der Waals surface area (Å²) < 4.78 is 27.7. The second kappa shape index (κ2) is 9.18. The summed E-state index contributed by atoms with van der Waals surface area (Å²) in [6.07, 6.45) is 0. The predicted molar refractivity (Wildman–Crippen MR) is 105 cm³/mol. The van der Waals surface area contributed by atoms with Crippen molar-refractivity contribution < 1.29 is 33.3 Å². The minimum Gasteiger partial charge on any atom is -0.490 e. The van der Waals surface area contributed by atoms with Crippen molar-refractivity contribution in [1.82, 2.24) is 0 Å². The van der Waals surface area contributed by atoms with Crippen LogP contribution in [0, 0.1) is 0 Å². The van der Waals surface area contributed by atoms with E-state index in [0.29, 0.717) is 48.5 Å². The third-order valence-corrected chi connectivity index (χ3v) is 3.94. The van der Waals surface area contributed by atoms with Gasteiger partial charge in [0.2, 0.25) is 5.75 Å². The highest BCUT2D eigenvalue weighted by atomic mass is 16.5. The minimum absolute atomic E-state index is 0.0846. The number of nitrogens with one attached hydrogen (secondary N) is 1. The quantitative estimate of drug-likeness (QED) is 0.535. The lowest BCUT2D eigenvalue weighted by atomic mass is 10.1. The summed E-state index contributed by atoms with van der Waals surface area (Å²) in [4.78, 5) is 24.1. The van der Waals surface area contributed by atoms with Gasteiger partial charge in [-0.3, -0.25) is 4.79 Å². The first kappa shape index (κ1) is 20.3. The molecule has 1 amide bonds. The van der Waals surface area contributed by atoms with Gasteiger partial charge in [-0.2, -0.15) is 0 Å². The molecule has 8 heteroatoms. The molecule has 0 aliphatic carbocycles. The van der Waals surface area contributed by atoms with Gasteiger partial charge in [0.15, 0.2) is 18.1 Å². The highest BCUT2D eigenvalue weighted by Gasteiger charge is 2.21. The molecular formula is C21H23NO7. The Balaban J connectivity index is 1.87. The van der Waals surface area contributed by atoms with Crippen LogP contribution in [0.25, 0.3) is 0 Å². The van der Waals surface area contributed by atoms with Crippen molar-refractivity contribution in [1.29, 1.82) is 0 Å². The van der Waals surface area contributed by atoms with E-state index < -0.39 is 5.97 Å². The monoisotopic (exact) mass is 401 g/mol. The summed E-state index contributed by atoms with van der Waals surface area (Å²) in [5.74, 6) is 1.16. The van der Waals surface area contributed by atoms with Gasteiger partial charge in [0.25, 0.3) is 5.91 Å². The average molecular weight is 401 g/mol. The van der Waals surface area contributed by atoms with E-state index in [9.17, 15) is 9.59 Å². The van der Waals surface area contributed by atoms with Crippen LogP contribution in [0.3, 0.4) is 0 Å². The summed E-state index contributed by atoms with van der Waals surface area (Å²) in [5, 5.41) is 2.68. The topological polar surface area (TPSA) is 92.3 Å². The van der Waals surface area contributed by atoms with Gasteiger partial charge in [-0.25, -0.2) is 4.79 Å². The number of carbonyl (C=O) groups excluding carboxylic acids is 2. The van der Waals surface area contributed by atoms with Crippen molar-refractivity contribution in [2.75, 3.05) is 31.7 Å². The normalized spacial score (nSPS) is 12.3. The Bertz CT molecular complexity index is 883. The highest BCUT2D eigenvalue weighted by Crippen LogP contribution is 2.39. The lowest BCUT2D eigenvalue weighted by molar-refractivity contribution is -0.118. The Morgan fingerprint density at radius 3 is 2.28 bits per heavy atom. The number of carbonyl (C=O) groups is 2. The number of hydrogen-bond donors (Lipinski definition) is 1. The molecule has 0 saturated carbocycles. The second-order valence-electron chi connectivity index (χ2n) is 5.99. The number of amides is 1. The largest absolute Gasteiger partial charge is 0.490 e. The first-order valence-corrected chi connectivity index (χ1v) is 9.41. The molecule has 1 heterocycles. The van der Waals surface area contributed by atoms with Crippen molar-refractivity contribution in [3.63, 3.8) is 0 Å². The second-order valence-corrected chi connectivity index (χ2v) is 5.99. The molecule has 0 bridgehead atoms. The summed E-state index contributed by atoms with van der Waals surface area (Å²) >= 11 is 0. The molecule has 3 rings (SSSR count). The van der Waals surface area contributed by atoms with Crippen molar-refractivity contribution in [2.45, 2.75) is 20.8 Å². The molecule has 1 aliphatic rings. The first-order valence-electron chi connectivity index (χ1n) is 9.41. The van der Waals surface area contributed by atoms with Crippen LogP contribution in [0.1, 0.15) is 31.1 Å². The van der Waals surface area contributed by atoms with E-state index in [1.54, 1.807) is 30.3 Å². The highest BCUT2D eigenvalue weighted by molar-refractivity contribution is 5.96. The van der Waals surface area contributed by atoms with Gasteiger partial charge in [-0.05, 0) is 45.0 Å². The maximum atomic E-state index is 12.7. The maximum absolute atomic E-state index is 12.7. The summed E-state index contributed by atoms with van der Waals surface area (Å²) in [5.41, 5.74) is 0.784. The third-order valence-electron chi connectivity index (χ3n) is 3.94. The molecule has 1 N–H and O–H groups in total. The molecule has 0 aromatic heterocycles. The van der Waals surface area contributed by atoms with Gasteiger partial charge >= 0.3 is 5.97 Å². The Morgan fingerprint density at radius 1 is 1.00 bits per heavy atom. The first-order chi connectivity index (χ1) is 14.0. The van der Waals surface area contributed by atoms with Gasteiger partial charge in [0.05, 0.1) is 31.1 Å². The lowest BCUT2D eigenvalue weighted by Crippen LogP contribution is -2.25. The lowest BCUT2D eigenvalue weighted by Gasteiger charge is -2.19. The van der Waals surface area contributed by atoms with Crippen molar-refractivity contribution >= 4 is 17.6 Å². The maximum Gasteiger partial charge on any atom is 0.343 e. The Kier molecular flexibility index (Phi) is 6.43. The van der Waals surface area contributed by atoms with Crippen LogP contribution >= 0.6 is 0 Å². The summed E-state index contributed by atoms with van der Waals surface area (Å²) in [6.45, 7) is 6.68. The molecule has 2 aromatic rings. The third kappa shape index (κ3) is 4.71. The zero-order valence-corrected chi connectivity index (χ0v) is 16.6. The van der Waals surface area contributed by atoms with Crippen LogP contribution in [0.4, 0.5) is 5.69 Å². The van der Waals surface area contributed by atoms with Gasteiger partial charge in [0.1, 0.15) is 11.5 Å². The molecule has 8 nitrogen and oxygen atoms in total. The molecule has 0 spiro atoms. The van der Waals surface area contributed by atoms with Crippen LogP contribution < -0.4 is 29.0 Å². The average Bonchev–Trinajstić information content (AvgIpc) is 2.70. The molecule has 0 fully saturated rings. The fourth-order valence-corrected chi connectivity index (χ4v) is 2.79. The van der Waals surface area contributed by atoms with Crippen molar-refractivity contribution in [3.05, 3.63) is 35.9 Å². The molecule has 29 heavy (non-hydrogen) atoms. The van der Waals surface area contributed by atoms with Crippen LogP contribution in [-0.4, -0.2) is 38.3 Å². The molecular weight excluding hydrogens is 378 g/mol. The van der Waals surface area contributed by atoms with Crippen LogP contribution in [0.5, 0.6) is 28.7 Å². The number of fused-ring (bicyclic) bond motifs is 1. The van der Waals surface area contributed by atoms with E-state index in [4.69, 9.17) is 23.7 Å². The Hall–Kier alpha value is -3.42. The number of benzene rings is 2. The van der Waals surface area contributed by atoms with Crippen molar-refractivity contribution in [3.8, 4) is 28.7 Å². The number of esters is 1. The van der Waals surface area contributed by atoms with Gasteiger partial charge in [0, 0.05) is 6.07 Å². The standard InChI is InChI=1S/C21H23NO7/c1-4-25-17-9-13(10-18(26-5-2)20(17)27-6-3)21(24)29-14-7-8-15-16(11-14)28-12-19(23)22-15/h7-11H,4-6,12H2,1-3H3,(H,22,23). The molecule has 0 atom stereocenters. The fraction of sp³-hybridized carbons (Fsp3) is 0.333. The SMILES string of the molecule is CCOc1cc(C(=O)Oc2ccc3c(c2)OCC(=O)N3)cc(OCC)c1OCC. The molecule has 0 unspecified atom stereocenters. The number of anilines is 1. The van der Waals surface area contributed by atoms with Crippen molar-refractivity contribution in [2.24, 2.45) is 0 Å². The zero-order chi connectivity index (χ0) is 20.8. The van der Waals surface area contributed by atoms with Crippen LogP contribution in [-0.2, 0) is 4.79 Å². The molecule has 0 radical (unpaired) electrons. The van der Waals surface area contributed by atoms with Crippen LogP contribution in [0.15, 0.2) is 30.3 Å². The Morgan fingerprint density at radius 2 is 1.66 bits per heavy atom. The Labute approximate surface area is 168 Å². The van der Waals surface area contributed by atoms with E-state index in [-0.39, 0.29) is 23.8 Å². The van der Waals surface area contributed by atoms with E-state index >= 15 is 0 Å². The summed E-state index contributed by atoms with van der Waals surface area (Å²) in [6, 6.07) is 7.87. The van der Waals surface area contributed by atoms with Gasteiger partial charge in [-0.15, -0.1) is 0 Å². The van der Waals surface area contributed by atoms with E-state index in [2.05, 4.69) is 5.32 Å². The summed E-state index contributed by atoms with van der Waals surface area (Å²) in [7, 11) is 0. The number of ether oxygens (including phenoxy) is 5. The molecule has 2 aromatic carbocycles. The number of hydrogen-bond acceptors (Lipinski definition) is 7. The van der Waals surface area contributed by atoms with E-state index in [1.807, 2.05) is 20.8 Å². The number of rotatable bonds is 8. The van der Waals surface area contributed by atoms with E-state index in [1.165, 1.54) is 0 Å². The van der Waals surface area contributed by atoms with Gasteiger partial charge in [-0.1, -0.05) is 0 Å². The zero-order valence-electron chi connectivity index (χ0n) is 16.6. The molecule has 1 aliphatic heterocycles. The van der Waals surface area contributed by atoms with E-state index in [0.717, 1.165) is 0 Å². The predicted octanol–water partition coefficient (Wildman–Crippen LogP) is 3.43. The smallest absolute Gasteiger partial charge is 0.343 e. The molecule has 154 valence electrons. The minimum atomic E-state index is -0.588. The van der Waals surface area contributed by atoms with Crippen LogP contribution in [0.2, 0.25) is 0 Å². The van der Waals surface area contributed by atoms with Gasteiger partial charge < -0.3 is 29.0 Å².